The average molecular weight is 308 g/mol. The molecule has 2 aromatic carbocycles. The molecule has 0 bridgehead atoms. The van der Waals surface area contributed by atoms with E-state index < -0.39 is 0 Å². The lowest BCUT2D eigenvalue weighted by Gasteiger charge is -2.36. The number of hydrogen-bond acceptors (Lipinski definition) is 2. The molecular weight excluding hydrogens is 284 g/mol. The monoisotopic (exact) mass is 308 g/mol. The molecule has 3 nitrogen and oxygen atoms in total. The summed E-state index contributed by atoms with van der Waals surface area (Å²) in [7, 11) is 0. The van der Waals surface area contributed by atoms with Gasteiger partial charge in [-0.25, -0.2) is 0 Å². The standard InChI is InChI=1S/C20H24N2O/c1-15(17-9-4-3-5-10-17)21-20(23)16(2)22-14-8-12-18-11-6-7-13-19(18)22/h3-7,9-11,13,15-16H,8,12,14H2,1-2H3,(H,21,23). The minimum atomic E-state index is -0.164. The van der Waals surface area contributed by atoms with Crippen LogP contribution in [0, 0.1) is 0 Å². The third kappa shape index (κ3) is 3.39. The zero-order valence-electron chi connectivity index (χ0n) is 13.8. The number of carbonyl (C=O) groups is 1. The number of hydrogen-bond donors (Lipinski definition) is 1. The molecule has 2 unspecified atom stereocenters. The van der Waals surface area contributed by atoms with Crippen LogP contribution in [-0.2, 0) is 11.2 Å². The van der Waals surface area contributed by atoms with Crippen LogP contribution in [0.4, 0.5) is 5.69 Å². The van der Waals surface area contributed by atoms with Gasteiger partial charge in [0.15, 0.2) is 0 Å². The lowest BCUT2D eigenvalue weighted by Crippen LogP contribution is -2.47. The van der Waals surface area contributed by atoms with Crippen LogP contribution >= 0.6 is 0 Å². The van der Waals surface area contributed by atoms with Gasteiger partial charge in [-0.2, -0.15) is 0 Å². The van der Waals surface area contributed by atoms with Gasteiger partial charge in [-0.3, -0.25) is 4.79 Å². The molecule has 1 aliphatic rings. The van der Waals surface area contributed by atoms with Crippen molar-refractivity contribution in [3.05, 3.63) is 65.7 Å². The van der Waals surface area contributed by atoms with Crippen LogP contribution in [-0.4, -0.2) is 18.5 Å². The molecule has 23 heavy (non-hydrogen) atoms. The molecule has 0 fully saturated rings. The van der Waals surface area contributed by atoms with E-state index in [0.29, 0.717) is 0 Å². The molecule has 120 valence electrons. The number of anilines is 1. The molecule has 0 spiro atoms. The summed E-state index contributed by atoms with van der Waals surface area (Å²) in [5, 5.41) is 3.14. The van der Waals surface area contributed by atoms with Crippen molar-refractivity contribution in [3.63, 3.8) is 0 Å². The second-order valence-electron chi connectivity index (χ2n) is 6.24. The van der Waals surface area contributed by atoms with Crippen molar-refractivity contribution in [3.8, 4) is 0 Å². The number of benzene rings is 2. The van der Waals surface area contributed by atoms with E-state index in [-0.39, 0.29) is 18.0 Å². The summed E-state index contributed by atoms with van der Waals surface area (Å²) in [6.45, 7) is 4.96. The number of carbonyl (C=O) groups excluding carboxylic acids is 1. The van der Waals surface area contributed by atoms with Gasteiger partial charge in [0.25, 0.3) is 0 Å². The van der Waals surface area contributed by atoms with Gasteiger partial charge in [-0.05, 0) is 43.9 Å². The van der Waals surface area contributed by atoms with Crippen molar-refractivity contribution < 1.29 is 4.79 Å². The van der Waals surface area contributed by atoms with Crippen LogP contribution in [0.3, 0.4) is 0 Å². The van der Waals surface area contributed by atoms with Crippen molar-refractivity contribution in [2.75, 3.05) is 11.4 Å². The highest BCUT2D eigenvalue weighted by Gasteiger charge is 2.26. The van der Waals surface area contributed by atoms with Crippen molar-refractivity contribution in [1.29, 1.82) is 0 Å². The van der Waals surface area contributed by atoms with Gasteiger partial charge in [0.1, 0.15) is 6.04 Å². The van der Waals surface area contributed by atoms with Gasteiger partial charge in [-0.1, -0.05) is 48.5 Å². The van der Waals surface area contributed by atoms with Gasteiger partial charge < -0.3 is 10.2 Å². The molecule has 0 saturated carbocycles. The van der Waals surface area contributed by atoms with Gasteiger partial charge in [0.05, 0.1) is 6.04 Å². The number of nitrogens with one attached hydrogen (secondary N) is 1. The van der Waals surface area contributed by atoms with E-state index in [9.17, 15) is 4.79 Å². The Kier molecular flexibility index (Phi) is 4.65. The van der Waals surface area contributed by atoms with E-state index in [0.717, 1.165) is 24.9 Å². The molecule has 3 rings (SSSR count). The first-order chi connectivity index (χ1) is 11.2. The first-order valence-electron chi connectivity index (χ1n) is 8.36. The fourth-order valence-corrected chi connectivity index (χ4v) is 3.27. The Morgan fingerprint density at radius 2 is 1.74 bits per heavy atom. The Labute approximate surface area is 138 Å². The number of nitrogens with zero attached hydrogens (tertiary/aromatic N) is 1. The summed E-state index contributed by atoms with van der Waals surface area (Å²) in [5.74, 6) is 0.0815. The van der Waals surface area contributed by atoms with Crippen LogP contribution in [0.1, 0.15) is 37.4 Å². The zero-order chi connectivity index (χ0) is 16.2. The summed E-state index contributed by atoms with van der Waals surface area (Å²) < 4.78 is 0. The Balaban J connectivity index is 1.71. The summed E-state index contributed by atoms with van der Waals surface area (Å²) >= 11 is 0. The molecule has 0 saturated heterocycles. The second kappa shape index (κ2) is 6.86. The predicted molar refractivity (Wildman–Crippen MR) is 94.6 cm³/mol. The number of amides is 1. The highest BCUT2D eigenvalue weighted by Crippen LogP contribution is 2.28. The minimum absolute atomic E-state index is 0.0196. The smallest absolute Gasteiger partial charge is 0.242 e. The molecule has 3 heteroatoms. The molecule has 1 aliphatic heterocycles. The van der Waals surface area contributed by atoms with Crippen molar-refractivity contribution in [1.82, 2.24) is 5.32 Å². The second-order valence-corrected chi connectivity index (χ2v) is 6.24. The van der Waals surface area contributed by atoms with Gasteiger partial charge >= 0.3 is 0 Å². The first-order valence-corrected chi connectivity index (χ1v) is 8.36. The SMILES string of the molecule is CC(NC(=O)C(C)N1CCCc2ccccc21)c1ccccc1. The fraction of sp³-hybridized carbons (Fsp3) is 0.350. The normalized spacial score (nSPS) is 16.3. The topological polar surface area (TPSA) is 32.3 Å². The zero-order valence-corrected chi connectivity index (χ0v) is 13.8. The lowest BCUT2D eigenvalue weighted by molar-refractivity contribution is -0.122. The maximum Gasteiger partial charge on any atom is 0.242 e. The van der Waals surface area contributed by atoms with Crippen LogP contribution in [0.5, 0.6) is 0 Å². The van der Waals surface area contributed by atoms with Gasteiger partial charge in [-0.15, -0.1) is 0 Å². The third-order valence-corrected chi connectivity index (χ3v) is 4.65. The maximum atomic E-state index is 12.7. The Morgan fingerprint density at radius 3 is 2.52 bits per heavy atom. The Hall–Kier alpha value is -2.29. The molecule has 0 aromatic heterocycles. The minimum Gasteiger partial charge on any atom is -0.360 e. The molecule has 2 atom stereocenters. The number of aryl methyl sites for hydroxylation is 1. The van der Waals surface area contributed by atoms with E-state index in [4.69, 9.17) is 0 Å². The molecule has 0 aliphatic carbocycles. The van der Waals surface area contributed by atoms with E-state index >= 15 is 0 Å². The first kappa shape index (κ1) is 15.6. The highest BCUT2D eigenvalue weighted by molar-refractivity contribution is 5.85. The van der Waals surface area contributed by atoms with E-state index in [1.165, 1.54) is 11.3 Å². The van der Waals surface area contributed by atoms with E-state index in [1.807, 2.05) is 50.2 Å². The van der Waals surface area contributed by atoms with Crippen molar-refractivity contribution >= 4 is 11.6 Å². The summed E-state index contributed by atoms with van der Waals surface area (Å²) in [6, 6.07) is 18.4. The quantitative estimate of drug-likeness (QED) is 0.934. The van der Waals surface area contributed by atoms with Crippen LogP contribution in [0.2, 0.25) is 0 Å². The summed E-state index contributed by atoms with van der Waals surface area (Å²) in [5.41, 5.74) is 3.68. The van der Waals surface area contributed by atoms with Gasteiger partial charge in [0, 0.05) is 12.2 Å². The summed E-state index contributed by atoms with van der Waals surface area (Å²) in [6.07, 6.45) is 2.20. The number of para-hydroxylation sites is 1. The molecule has 1 amide bonds. The Morgan fingerprint density at radius 1 is 1.04 bits per heavy atom. The van der Waals surface area contributed by atoms with E-state index in [2.05, 4.69) is 28.4 Å². The molecule has 1 N–H and O–H groups in total. The van der Waals surface area contributed by atoms with Crippen molar-refractivity contribution in [2.45, 2.75) is 38.8 Å². The van der Waals surface area contributed by atoms with Crippen LogP contribution in [0.15, 0.2) is 54.6 Å². The largest absolute Gasteiger partial charge is 0.360 e. The van der Waals surface area contributed by atoms with Crippen LogP contribution in [0.25, 0.3) is 0 Å². The third-order valence-electron chi connectivity index (χ3n) is 4.65. The van der Waals surface area contributed by atoms with Crippen LogP contribution < -0.4 is 10.2 Å². The van der Waals surface area contributed by atoms with Crippen molar-refractivity contribution in [2.24, 2.45) is 0 Å². The fourth-order valence-electron chi connectivity index (χ4n) is 3.27. The molecule has 1 heterocycles. The van der Waals surface area contributed by atoms with Gasteiger partial charge in [0.2, 0.25) is 5.91 Å². The number of rotatable bonds is 4. The number of fused-ring (bicyclic) bond motifs is 1. The molecule has 2 aromatic rings. The lowest BCUT2D eigenvalue weighted by atomic mass is 10.00. The average Bonchev–Trinajstić information content (AvgIpc) is 2.61. The van der Waals surface area contributed by atoms with E-state index in [1.54, 1.807) is 0 Å². The Bertz CT molecular complexity index is 668. The predicted octanol–water partition coefficient (Wildman–Crippen LogP) is 3.71. The molecular formula is C20H24N2O. The summed E-state index contributed by atoms with van der Waals surface area (Å²) in [4.78, 5) is 14.9. The highest BCUT2D eigenvalue weighted by atomic mass is 16.2. The molecule has 0 radical (unpaired) electrons. The maximum absolute atomic E-state index is 12.7.